The Labute approximate surface area is 452 Å². The highest BCUT2D eigenvalue weighted by atomic mass is 19.4. The molecule has 0 aliphatic heterocycles. The molecule has 2 saturated carbocycles. The number of carbonyl (C=O) groups is 2. The highest BCUT2D eigenvalue weighted by molar-refractivity contribution is 5.84. The molecule has 0 unspecified atom stereocenters. The summed E-state index contributed by atoms with van der Waals surface area (Å²) in [6, 6.07) is 17.2. The van der Waals surface area contributed by atoms with E-state index >= 15 is 0 Å². The van der Waals surface area contributed by atoms with Gasteiger partial charge in [-0.2, -0.15) is 63.2 Å². The maximum atomic E-state index is 14.5. The van der Waals surface area contributed by atoms with Crippen molar-refractivity contribution in [2.45, 2.75) is 175 Å². The number of aliphatic hydroxyl groups is 2. The smallest absolute Gasteiger partial charge is 0.385 e. The molecule has 80 heavy (non-hydrogen) atoms. The Morgan fingerprint density at radius 3 is 0.925 bits per heavy atom. The predicted octanol–water partition coefficient (Wildman–Crippen LogP) is 12.8. The summed E-state index contributed by atoms with van der Waals surface area (Å²) in [5.41, 5.74) is -9.18. The molecule has 0 saturated heterocycles. The van der Waals surface area contributed by atoms with Crippen LogP contribution in [0.5, 0.6) is 0 Å². The fourth-order valence-electron chi connectivity index (χ4n) is 8.78. The van der Waals surface area contributed by atoms with Gasteiger partial charge in [-0.1, -0.05) is 97.1 Å². The van der Waals surface area contributed by atoms with Gasteiger partial charge in [-0.05, 0) is 112 Å². The molecule has 10 nitrogen and oxygen atoms in total. The molecule has 2 amide bonds. The number of hydrogen-bond acceptors (Lipinski definition) is 8. The first kappa shape index (κ1) is 64.5. The van der Waals surface area contributed by atoms with E-state index in [-0.39, 0.29) is 22.3 Å². The first-order chi connectivity index (χ1) is 36.5. The van der Waals surface area contributed by atoms with Gasteiger partial charge in [0.2, 0.25) is 11.8 Å². The van der Waals surface area contributed by atoms with Crippen LogP contribution in [0.4, 0.5) is 61.5 Å². The van der Waals surface area contributed by atoms with E-state index in [1.165, 1.54) is 97.1 Å². The summed E-state index contributed by atoms with van der Waals surface area (Å²) in [6.45, 7) is 6.62. The van der Waals surface area contributed by atoms with E-state index in [2.05, 4.69) is 21.3 Å². The zero-order chi connectivity index (χ0) is 60.3. The van der Waals surface area contributed by atoms with Crippen molar-refractivity contribution in [3.8, 4) is 34.4 Å². The SMILES string of the molecule is CC(C)(F)C[C@H](N[C@@H](c1ccc(-c2ccc([C@@](C)(O)CC(F)(F)F)cc2)cc1)C(F)(F)F)C(=O)NC1(C#N)CC1.CC(C)(F)C[C@H](N[C@@H](c1ccc(-c2ccc([C@](C)(O)CC(F)(F)F)cc2)cc1)C(F)(F)F)C(=O)NC1(C#N)CC1. The number of carbonyl (C=O) groups excluding carboxylic acids is 2. The molecule has 0 radical (unpaired) electrons. The minimum absolute atomic E-state index is 0.0241. The van der Waals surface area contributed by atoms with Gasteiger partial charge >= 0.3 is 24.7 Å². The molecule has 6 rings (SSSR count). The molecule has 24 heteroatoms. The third kappa shape index (κ3) is 18.9. The van der Waals surface area contributed by atoms with Crippen LogP contribution >= 0.6 is 0 Å². The van der Waals surface area contributed by atoms with Crippen molar-refractivity contribution in [2.75, 3.05) is 0 Å². The summed E-state index contributed by atoms with van der Waals surface area (Å²) in [5.74, 6) is -1.81. The van der Waals surface area contributed by atoms with E-state index < -0.39 is 120 Å². The quantitative estimate of drug-likeness (QED) is 0.0475. The Bertz CT molecular complexity index is 2640. The number of nitrogens with zero attached hydrogens (tertiary/aromatic N) is 2. The van der Waals surface area contributed by atoms with Crippen molar-refractivity contribution in [1.82, 2.24) is 21.3 Å². The van der Waals surface area contributed by atoms with Crippen molar-refractivity contribution >= 4 is 11.8 Å². The largest absolute Gasteiger partial charge is 0.407 e. The van der Waals surface area contributed by atoms with Crippen molar-refractivity contribution in [3.63, 3.8) is 0 Å². The Morgan fingerprint density at radius 1 is 0.475 bits per heavy atom. The van der Waals surface area contributed by atoms with Gasteiger partial charge in [0, 0.05) is 12.8 Å². The van der Waals surface area contributed by atoms with Gasteiger partial charge in [0.25, 0.3) is 0 Å². The van der Waals surface area contributed by atoms with Crippen LogP contribution < -0.4 is 21.3 Å². The van der Waals surface area contributed by atoms with Crippen LogP contribution in [0.25, 0.3) is 22.3 Å². The minimum atomic E-state index is -4.86. The van der Waals surface area contributed by atoms with E-state index in [1.807, 2.05) is 12.1 Å². The Morgan fingerprint density at radius 2 is 0.725 bits per heavy atom. The molecule has 436 valence electrons. The zero-order valence-electron chi connectivity index (χ0n) is 44.1. The Kier molecular flexibility index (Phi) is 19.0. The van der Waals surface area contributed by atoms with Crippen molar-refractivity contribution in [3.05, 3.63) is 119 Å². The third-order valence-electron chi connectivity index (χ3n) is 13.3. The van der Waals surface area contributed by atoms with Crippen LogP contribution in [-0.2, 0) is 20.8 Å². The van der Waals surface area contributed by atoms with E-state index in [1.54, 1.807) is 0 Å². The number of nitriles is 2. The average Bonchev–Trinajstić information content (AvgIpc) is 4.27. The second-order valence-corrected chi connectivity index (χ2v) is 22.1. The maximum absolute atomic E-state index is 14.5. The number of hydrogen-bond donors (Lipinski definition) is 6. The molecule has 6 atom stereocenters. The maximum Gasteiger partial charge on any atom is 0.407 e. The van der Waals surface area contributed by atoms with Crippen LogP contribution in [0.1, 0.15) is 127 Å². The van der Waals surface area contributed by atoms with Crippen LogP contribution in [0.2, 0.25) is 0 Å². The first-order valence-corrected chi connectivity index (χ1v) is 25.0. The third-order valence-corrected chi connectivity index (χ3v) is 13.3. The van der Waals surface area contributed by atoms with Gasteiger partial charge in [-0.3, -0.25) is 20.2 Å². The lowest BCUT2D eigenvalue weighted by Crippen LogP contribution is -2.53. The van der Waals surface area contributed by atoms with Gasteiger partial charge in [0.1, 0.15) is 34.5 Å². The molecule has 0 bridgehead atoms. The molecule has 0 aromatic heterocycles. The standard InChI is InChI=1S/2C28H30F7N3O2/c2*1-24(2,29)14-21(23(39)38-26(16-36)12-13-26)37-22(28(33,34)35)19-6-4-17(5-7-19)18-8-10-20(11-9-18)25(3,40)15-27(30,31)32/h2*4-11,21-22,37,40H,12-15H2,1-3H3,(H,38,39)/t21-,22-,25+;21-,22-,25-/m00/s1. The van der Waals surface area contributed by atoms with Crippen LogP contribution in [0, 0.1) is 22.7 Å². The van der Waals surface area contributed by atoms with Gasteiger partial charge in [-0.25, -0.2) is 8.78 Å². The van der Waals surface area contributed by atoms with Gasteiger partial charge in [0.05, 0.1) is 48.3 Å². The number of halogens is 14. The minimum Gasteiger partial charge on any atom is -0.385 e. The van der Waals surface area contributed by atoms with E-state index in [4.69, 9.17) is 0 Å². The second-order valence-electron chi connectivity index (χ2n) is 22.1. The molecule has 0 heterocycles. The first-order valence-electron chi connectivity index (χ1n) is 25.0. The summed E-state index contributed by atoms with van der Waals surface area (Å²) in [7, 11) is 0. The average molecular weight is 1150 g/mol. The van der Waals surface area contributed by atoms with Crippen LogP contribution in [0.3, 0.4) is 0 Å². The second kappa shape index (κ2) is 23.6. The molecule has 2 aliphatic carbocycles. The summed E-state index contributed by atoms with van der Waals surface area (Å²) in [5, 5.41) is 48.2. The Hall–Kier alpha value is -6.34. The van der Waals surface area contributed by atoms with Crippen LogP contribution in [-0.4, -0.2) is 81.2 Å². The highest BCUT2D eigenvalue weighted by Gasteiger charge is 2.50. The fraction of sp³-hybridized carbons (Fsp3) is 0.500. The van der Waals surface area contributed by atoms with E-state index in [0.29, 0.717) is 47.9 Å². The Balaban J connectivity index is 0.000000294. The lowest BCUT2D eigenvalue weighted by molar-refractivity contribution is -0.175. The number of alkyl halides is 14. The molecule has 0 spiro atoms. The number of benzene rings is 4. The molecular weight excluding hydrogens is 1090 g/mol. The summed E-state index contributed by atoms with van der Waals surface area (Å²) < 4.78 is 190. The van der Waals surface area contributed by atoms with Crippen molar-refractivity contribution in [2.24, 2.45) is 0 Å². The van der Waals surface area contributed by atoms with E-state index in [9.17, 15) is 91.8 Å². The molecule has 2 aliphatic rings. The van der Waals surface area contributed by atoms with Gasteiger partial charge in [0.15, 0.2) is 0 Å². The molecular formula is C56H60F14N6O4. The lowest BCUT2D eigenvalue weighted by Gasteiger charge is -2.30. The zero-order valence-corrected chi connectivity index (χ0v) is 44.1. The normalized spacial score (nSPS) is 18.2. The fourth-order valence-corrected chi connectivity index (χ4v) is 8.78. The highest BCUT2D eigenvalue weighted by Crippen LogP contribution is 2.41. The number of amides is 2. The van der Waals surface area contributed by atoms with E-state index in [0.717, 1.165) is 41.5 Å². The van der Waals surface area contributed by atoms with Gasteiger partial charge < -0.3 is 20.8 Å². The van der Waals surface area contributed by atoms with Crippen molar-refractivity contribution < 1.29 is 81.3 Å². The predicted molar refractivity (Wildman–Crippen MR) is 267 cm³/mol. The lowest BCUT2D eigenvalue weighted by atomic mass is 9.90. The van der Waals surface area contributed by atoms with Crippen molar-refractivity contribution in [1.29, 1.82) is 10.5 Å². The summed E-state index contributed by atoms with van der Waals surface area (Å²) in [4.78, 5) is 25.6. The molecule has 4 aromatic carbocycles. The molecule has 4 aromatic rings. The molecule has 2 fully saturated rings. The van der Waals surface area contributed by atoms with Crippen LogP contribution in [0.15, 0.2) is 97.1 Å². The summed E-state index contributed by atoms with van der Waals surface area (Å²) >= 11 is 0. The topological polar surface area (TPSA) is 170 Å². The number of rotatable bonds is 20. The van der Waals surface area contributed by atoms with Gasteiger partial charge in [-0.15, -0.1) is 0 Å². The monoisotopic (exact) mass is 1150 g/mol. The molecule has 6 N–H and O–H groups in total. The summed E-state index contributed by atoms with van der Waals surface area (Å²) in [6.07, 6.45) is -21.5. The number of nitrogens with one attached hydrogen (secondary N) is 4.